The standard InChI is InChI=1S/C5H12NO6P/c1-3(7)4(5(8)9)6-2-13(10,11)12/h3-4,6-7H,2H2,1H3,(H,8,9)(H2,10,11,12)/t3?,4-/m0/s1. The SMILES string of the molecule is CC(O)[C@H](NCP(=O)(O)O)C(=O)O. The molecule has 78 valence electrons. The minimum absolute atomic E-state index is 0.769. The first-order chi connectivity index (χ1) is 5.74. The lowest BCUT2D eigenvalue weighted by molar-refractivity contribution is -0.142. The third-order valence-corrected chi connectivity index (χ3v) is 1.86. The molecule has 2 atom stereocenters. The average molecular weight is 213 g/mol. The normalized spacial score (nSPS) is 16.6. The van der Waals surface area contributed by atoms with Crippen molar-refractivity contribution >= 4 is 13.6 Å². The van der Waals surface area contributed by atoms with Gasteiger partial charge in [-0.1, -0.05) is 0 Å². The fraction of sp³-hybridized carbons (Fsp3) is 0.800. The zero-order valence-corrected chi connectivity index (χ0v) is 7.81. The maximum Gasteiger partial charge on any atom is 0.339 e. The summed E-state index contributed by atoms with van der Waals surface area (Å²) in [6.45, 7) is 1.21. The molecule has 0 aliphatic heterocycles. The third kappa shape index (κ3) is 5.73. The quantitative estimate of drug-likeness (QED) is 0.353. The number of rotatable bonds is 5. The van der Waals surface area contributed by atoms with Gasteiger partial charge in [-0.3, -0.25) is 14.7 Å². The largest absolute Gasteiger partial charge is 0.480 e. The number of aliphatic hydroxyl groups excluding tert-OH is 1. The van der Waals surface area contributed by atoms with Gasteiger partial charge >= 0.3 is 13.6 Å². The van der Waals surface area contributed by atoms with Crippen molar-refractivity contribution in [2.24, 2.45) is 0 Å². The predicted molar refractivity (Wildman–Crippen MR) is 43.2 cm³/mol. The van der Waals surface area contributed by atoms with E-state index in [0.717, 1.165) is 0 Å². The van der Waals surface area contributed by atoms with Gasteiger partial charge in [0.25, 0.3) is 0 Å². The van der Waals surface area contributed by atoms with Crippen molar-refractivity contribution in [1.29, 1.82) is 0 Å². The number of carboxylic acid groups (broad SMARTS) is 1. The smallest absolute Gasteiger partial charge is 0.339 e. The molecule has 0 saturated carbocycles. The van der Waals surface area contributed by atoms with Gasteiger partial charge in [-0.05, 0) is 6.92 Å². The van der Waals surface area contributed by atoms with Crippen molar-refractivity contribution in [3.8, 4) is 0 Å². The predicted octanol–water partition coefficient (Wildman–Crippen LogP) is -1.45. The maximum absolute atomic E-state index is 10.4. The molecule has 0 aliphatic rings. The Bertz CT molecular complexity index is 223. The Hall–Kier alpha value is -0.460. The molecule has 0 radical (unpaired) electrons. The molecular formula is C5H12NO6P. The molecule has 13 heavy (non-hydrogen) atoms. The van der Waals surface area contributed by atoms with Crippen LogP contribution in [0.1, 0.15) is 6.92 Å². The Labute approximate surface area is 74.6 Å². The Balaban J connectivity index is 4.14. The molecule has 0 aromatic heterocycles. The first-order valence-corrected chi connectivity index (χ1v) is 5.22. The van der Waals surface area contributed by atoms with E-state index < -0.39 is 32.0 Å². The van der Waals surface area contributed by atoms with E-state index in [4.69, 9.17) is 20.0 Å². The van der Waals surface area contributed by atoms with Crippen molar-refractivity contribution in [3.63, 3.8) is 0 Å². The second kappa shape index (κ2) is 4.69. The lowest BCUT2D eigenvalue weighted by atomic mass is 10.2. The van der Waals surface area contributed by atoms with E-state index in [1.165, 1.54) is 6.92 Å². The van der Waals surface area contributed by atoms with Crippen LogP contribution in [0.5, 0.6) is 0 Å². The lowest BCUT2D eigenvalue weighted by Gasteiger charge is -2.16. The summed E-state index contributed by atoms with van der Waals surface area (Å²) in [4.78, 5) is 27.2. The van der Waals surface area contributed by atoms with Gasteiger partial charge in [0.2, 0.25) is 0 Å². The summed E-state index contributed by atoms with van der Waals surface area (Å²) in [5.41, 5.74) is 0. The number of aliphatic carboxylic acids is 1. The summed E-state index contributed by atoms with van der Waals surface area (Å²) in [5.74, 6) is -1.36. The van der Waals surface area contributed by atoms with Gasteiger partial charge in [0.1, 0.15) is 6.04 Å². The molecule has 1 unspecified atom stereocenters. The molecule has 0 aromatic rings. The monoisotopic (exact) mass is 213 g/mol. The number of carbonyl (C=O) groups is 1. The second-order valence-electron chi connectivity index (χ2n) is 2.58. The highest BCUT2D eigenvalue weighted by atomic mass is 31.2. The number of aliphatic hydroxyl groups is 1. The molecule has 0 aliphatic carbocycles. The zero-order valence-electron chi connectivity index (χ0n) is 6.91. The van der Waals surface area contributed by atoms with Crippen LogP contribution >= 0.6 is 7.60 Å². The number of nitrogens with one attached hydrogen (secondary N) is 1. The van der Waals surface area contributed by atoms with Crippen LogP contribution in [0.4, 0.5) is 0 Å². The van der Waals surface area contributed by atoms with Crippen LogP contribution < -0.4 is 5.32 Å². The van der Waals surface area contributed by atoms with E-state index in [9.17, 15) is 9.36 Å². The molecule has 7 nitrogen and oxygen atoms in total. The van der Waals surface area contributed by atoms with Crippen LogP contribution in [0.3, 0.4) is 0 Å². The van der Waals surface area contributed by atoms with Crippen molar-refractivity contribution < 1.29 is 29.4 Å². The van der Waals surface area contributed by atoms with Crippen LogP contribution in [-0.4, -0.2) is 44.4 Å². The van der Waals surface area contributed by atoms with Gasteiger partial charge in [0, 0.05) is 0 Å². The van der Waals surface area contributed by atoms with Crippen LogP contribution in [0.2, 0.25) is 0 Å². The molecule has 8 heteroatoms. The van der Waals surface area contributed by atoms with Gasteiger partial charge in [0.15, 0.2) is 0 Å². The highest BCUT2D eigenvalue weighted by Gasteiger charge is 2.25. The maximum atomic E-state index is 10.4. The van der Waals surface area contributed by atoms with E-state index in [-0.39, 0.29) is 0 Å². The second-order valence-corrected chi connectivity index (χ2v) is 4.23. The van der Waals surface area contributed by atoms with E-state index >= 15 is 0 Å². The molecule has 0 fully saturated rings. The summed E-state index contributed by atoms with van der Waals surface area (Å²) in [6, 6.07) is -1.37. The van der Waals surface area contributed by atoms with Crippen molar-refractivity contribution in [3.05, 3.63) is 0 Å². The Morgan fingerprint density at radius 2 is 2.00 bits per heavy atom. The van der Waals surface area contributed by atoms with Gasteiger partial charge in [0.05, 0.1) is 12.4 Å². The summed E-state index contributed by atoms with van der Waals surface area (Å²) >= 11 is 0. The first kappa shape index (κ1) is 12.5. The minimum atomic E-state index is -4.28. The molecule has 0 rings (SSSR count). The van der Waals surface area contributed by atoms with Crippen molar-refractivity contribution in [2.75, 3.05) is 6.29 Å². The minimum Gasteiger partial charge on any atom is -0.480 e. The van der Waals surface area contributed by atoms with Crippen LogP contribution in [0.15, 0.2) is 0 Å². The van der Waals surface area contributed by atoms with Crippen molar-refractivity contribution in [1.82, 2.24) is 5.32 Å². The van der Waals surface area contributed by atoms with Crippen LogP contribution in [0, 0.1) is 0 Å². The summed E-state index contributed by atoms with van der Waals surface area (Å²) in [6.07, 6.45) is -1.99. The van der Waals surface area contributed by atoms with Crippen LogP contribution in [0.25, 0.3) is 0 Å². The number of hydrogen-bond acceptors (Lipinski definition) is 4. The first-order valence-electron chi connectivity index (χ1n) is 3.43. The van der Waals surface area contributed by atoms with E-state index in [1.807, 2.05) is 5.32 Å². The van der Waals surface area contributed by atoms with Gasteiger partial charge in [-0.15, -0.1) is 0 Å². The van der Waals surface area contributed by atoms with E-state index in [1.54, 1.807) is 0 Å². The number of hydrogen-bond donors (Lipinski definition) is 5. The molecule has 0 bridgehead atoms. The molecule has 0 heterocycles. The fourth-order valence-corrected chi connectivity index (χ4v) is 1.12. The van der Waals surface area contributed by atoms with Gasteiger partial charge in [-0.2, -0.15) is 0 Å². The Morgan fingerprint density at radius 3 is 2.23 bits per heavy atom. The Kier molecular flexibility index (Phi) is 4.52. The highest BCUT2D eigenvalue weighted by Crippen LogP contribution is 2.32. The summed E-state index contributed by atoms with van der Waals surface area (Å²) < 4.78 is 10.3. The molecule has 5 N–H and O–H groups in total. The summed E-state index contributed by atoms with van der Waals surface area (Å²) in [7, 11) is -4.28. The Morgan fingerprint density at radius 1 is 1.54 bits per heavy atom. The van der Waals surface area contributed by atoms with Gasteiger partial charge in [-0.25, -0.2) is 0 Å². The van der Waals surface area contributed by atoms with E-state index in [2.05, 4.69) is 0 Å². The fourth-order valence-electron chi connectivity index (χ4n) is 0.681. The molecular weight excluding hydrogens is 201 g/mol. The topological polar surface area (TPSA) is 127 Å². The molecule has 0 aromatic carbocycles. The van der Waals surface area contributed by atoms with E-state index in [0.29, 0.717) is 0 Å². The average Bonchev–Trinajstić information content (AvgIpc) is 1.82. The van der Waals surface area contributed by atoms with Crippen LogP contribution in [-0.2, 0) is 9.36 Å². The number of carboxylic acids is 1. The van der Waals surface area contributed by atoms with Gasteiger partial charge < -0.3 is 20.0 Å². The summed E-state index contributed by atoms with van der Waals surface area (Å²) in [5, 5.41) is 19.4. The lowest BCUT2D eigenvalue weighted by Crippen LogP contribution is -2.45. The van der Waals surface area contributed by atoms with Crippen molar-refractivity contribution in [2.45, 2.75) is 19.1 Å². The zero-order chi connectivity index (χ0) is 10.6. The molecule has 0 saturated heterocycles. The molecule has 0 amide bonds. The highest BCUT2D eigenvalue weighted by molar-refractivity contribution is 7.51. The molecule has 0 spiro atoms. The third-order valence-electron chi connectivity index (χ3n) is 1.27.